The second-order valence-electron chi connectivity index (χ2n) is 32.5. The Morgan fingerprint density at radius 1 is 0.376 bits per heavy atom. The van der Waals surface area contributed by atoms with Crippen molar-refractivity contribution in [1.82, 2.24) is 69.1 Å². The van der Waals surface area contributed by atoms with Crippen LogP contribution >= 0.6 is 0 Å². The fraction of sp³-hybridized carbons (Fsp3) is 0.726. The van der Waals surface area contributed by atoms with Gasteiger partial charge in [-0.3, -0.25) is 38.4 Å². The molecule has 11 atom stereocenters. The van der Waals surface area contributed by atoms with Gasteiger partial charge >= 0.3 is 36.4 Å². The maximum Gasteiger partial charge on any atom is 0.408 e. The maximum atomic E-state index is 14.8. The quantitative estimate of drug-likeness (QED) is 0.0416. The zero-order valence-electron chi connectivity index (χ0n) is 67.9. The number of benzene rings is 1. The number of carboxylic acids is 1. The molecule has 620 valence electrons. The Bertz CT molecular complexity index is 3170. The Hall–Kier alpha value is -9.32. The number of nitrogens with one attached hydrogen (secondary N) is 13. The molecule has 0 bridgehead atoms. The average Bonchev–Trinajstić information content (AvgIpc) is 0.858. The first-order chi connectivity index (χ1) is 50.0. The number of carbonyl (C=O) groups excluding carboxylic acids is 13. The van der Waals surface area contributed by atoms with Gasteiger partial charge in [0.15, 0.2) is 6.04 Å². The fourth-order valence-electron chi connectivity index (χ4n) is 9.97. The van der Waals surface area contributed by atoms with Crippen LogP contribution in [0.4, 0.5) is 24.0 Å². The Kier molecular flexibility index (Phi) is 40.3. The summed E-state index contributed by atoms with van der Waals surface area (Å²) >= 11 is 0. The molecule has 1 aromatic rings. The van der Waals surface area contributed by atoms with Gasteiger partial charge in [0, 0.05) is 19.6 Å². The molecule has 1 rings (SSSR count). The maximum absolute atomic E-state index is 14.8. The van der Waals surface area contributed by atoms with Gasteiger partial charge in [-0.1, -0.05) is 51.1 Å². The average molecular weight is 1550 g/mol. The Labute approximate surface area is 640 Å². The number of hydrogen-bond acceptors (Lipinski definition) is 22. The highest BCUT2D eigenvalue weighted by atomic mass is 16.6. The predicted octanol–water partition coefficient (Wildman–Crippen LogP) is 3.73. The lowest BCUT2D eigenvalue weighted by Crippen LogP contribution is -2.62. The van der Waals surface area contributed by atoms with E-state index in [1.54, 1.807) is 169 Å². The number of hydrogen-bond donors (Lipinski definition) is 15. The van der Waals surface area contributed by atoms with Crippen LogP contribution in [-0.2, 0) is 82.9 Å². The molecule has 0 radical (unpaired) electrons. The van der Waals surface area contributed by atoms with Crippen LogP contribution in [0.1, 0.15) is 203 Å². The molecule has 0 heterocycles. The lowest BCUT2D eigenvalue weighted by molar-refractivity contribution is -0.150. The summed E-state index contributed by atoms with van der Waals surface area (Å²) in [5.41, 5.74) is 1.04. The van der Waals surface area contributed by atoms with Gasteiger partial charge in [0.25, 0.3) is 0 Å². The minimum Gasteiger partial charge on any atom is -0.480 e. The molecule has 109 heavy (non-hydrogen) atoms. The first kappa shape index (κ1) is 97.7. The predicted molar refractivity (Wildman–Crippen MR) is 401 cm³/mol. The lowest BCUT2D eigenvalue weighted by Gasteiger charge is -2.32. The van der Waals surface area contributed by atoms with Crippen molar-refractivity contribution >= 4 is 83.7 Å². The molecular weight excluding hydrogens is 1420 g/mol. The second kappa shape index (κ2) is 45.0. The molecule has 16 N–H and O–H groups in total. The first-order valence-electron chi connectivity index (χ1n) is 36.6. The highest BCUT2D eigenvalue weighted by molar-refractivity contribution is 5.98. The largest absolute Gasteiger partial charge is 0.480 e. The van der Waals surface area contributed by atoms with E-state index in [1.165, 1.54) is 20.8 Å². The van der Waals surface area contributed by atoms with E-state index >= 15 is 0 Å². The molecular formula is C73H126N14O22. The SMILES string of the molecule is CC[C@H](NC(=O)[C@@H](CC(C)C)NC(=O)[C@H](CCNC(=O)OC(C)(C)C)NC(=O)[C@H](CCN)NC(=O)[C@H](CNC(=O)OC(C)(C)C)NC(=O)[C@@H](NC(=O)OCc1ccccc1)[C@@H](C)OC(C)(C)C)C(=O)N[C@@H](CCNC(=O)OC(C)(C)C)C(=O)N[C@@H](CCNC(=O)OC(C)(C)C)C(=O)N[C@H](C(=O)O)[C@@H](C)OC(C)(C)C. The van der Waals surface area contributed by atoms with E-state index in [2.05, 4.69) is 69.1 Å². The number of amides is 13. The van der Waals surface area contributed by atoms with Crippen molar-refractivity contribution in [2.75, 3.05) is 32.7 Å². The molecule has 0 fully saturated rings. The molecule has 0 spiro atoms. The number of carboxylic acid groups (broad SMARTS) is 1. The van der Waals surface area contributed by atoms with Crippen molar-refractivity contribution in [3.8, 4) is 0 Å². The highest BCUT2D eigenvalue weighted by Gasteiger charge is 2.39. The van der Waals surface area contributed by atoms with Crippen molar-refractivity contribution in [2.24, 2.45) is 11.7 Å². The highest BCUT2D eigenvalue weighted by Crippen LogP contribution is 2.18. The van der Waals surface area contributed by atoms with Gasteiger partial charge in [-0.05, 0) is 195 Å². The van der Waals surface area contributed by atoms with Crippen LogP contribution in [0.15, 0.2) is 30.3 Å². The molecule has 0 aliphatic rings. The van der Waals surface area contributed by atoms with E-state index in [4.69, 9.17) is 38.9 Å². The number of aliphatic carboxylic acids is 1. The van der Waals surface area contributed by atoms with E-state index in [0.29, 0.717) is 5.56 Å². The molecule has 0 unspecified atom stereocenters. The van der Waals surface area contributed by atoms with Gasteiger partial charge in [0.05, 0.1) is 30.0 Å². The van der Waals surface area contributed by atoms with Gasteiger partial charge in [-0.25, -0.2) is 28.8 Å². The molecule has 0 saturated carbocycles. The van der Waals surface area contributed by atoms with E-state index < -0.39 is 197 Å². The number of rotatable bonds is 40. The summed E-state index contributed by atoms with van der Waals surface area (Å²) in [7, 11) is 0. The monoisotopic (exact) mass is 1550 g/mol. The van der Waals surface area contributed by atoms with Gasteiger partial charge in [0.2, 0.25) is 47.3 Å². The normalized spacial score (nSPS) is 15.0. The van der Waals surface area contributed by atoms with Crippen LogP contribution in [0.3, 0.4) is 0 Å². The van der Waals surface area contributed by atoms with Crippen molar-refractivity contribution < 1.29 is 105 Å². The summed E-state index contributed by atoms with van der Waals surface area (Å²) < 4.78 is 38.8. The van der Waals surface area contributed by atoms with Crippen molar-refractivity contribution in [3.63, 3.8) is 0 Å². The van der Waals surface area contributed by atoms with Gasteiger partial charge < -0.3 is 113 Å². The first-order valence-corrected chi connectivity index (χ1v) is 36.6. The Morgan fingerprint density at radius 2 is 0.697 bits per heavy atom. The molecule has 0 aliphatic carbocycles. The third-order valence-corrected chi connectivity index (χ3v) is 14.5. The van der Waals surface area contributed by atoms with Crippen LogP contribution in [0, 0.1) is 5.92 Å². The van der Waals surface area contributed by atoms with Gasteiger partial charge in [0.1, 0.15) is 77.3 Å². The number of carbonyl (C=O) groups is 14. The zero-order valence-corrected chi connectivity index (χ0v) is 67.9. The van der Waals surface area contributed by atoms with Crippen LogP contribution in [0.2, 0.25) is 0 Å². The molecule has 0 aromatic heterocycles. The third kappa shape index (κ3) is 43.5. The summed E-state index contributed by atoms with van der Waals surface area (Å²) in [5.74, 6) is -10.0. The number of alkyl carbamates (subject to hydrolysis) is 5. The third-order valence-electron chi connectivity index (χ3n) is 14.5. The Balaban J connectivity index is 3.92. The minimum absolute atomic E-state index is 0.105. The molecule has 36 nitrogen and oxygen atoms in total. The van der Waals surface area contributed by atoms with Crippen LogP contribution in [0.25, 0.3) is 0 Å². The van der Waals surface area contributed by atoms with Crippen molar-refractivity contribution in [3.05, 3.63) is 35.9 Å². The smallest absolute Gasteiger partial charge is 0.408 e. The minimum atomic E-state index is -1.74. The number of ether oxygens (including phenoxy) is 7. The van der Waals surface area contributed by atoms with Crippen LogP contribution < -0.4 is 74.9 Å². The molecule has 36 heteroatoms. The van der Waals surface area contributed by atoms with E-state index in [-0.39, 0.29) is 70.8 Å². The second-order valence-corrected chi connectivity index (χ2v) is 32.5. The lowest BCUT2D eigenvalue weighted by atomic mass is 10.0. The molecule has 0 saturated heterocycles. The summed E-state index contributed by atoms with van der Waals surface area (Å²) in [5, 5.41) is 43.1. The fourth-order valence-corrected chi connectivity index (χ4v) is 9.97. The Morgan fingerprint density at radius 3 is 1.06 bits per heavy atom. The van der Waals surface area contributed by atoms with Gasteiger partial charge in [-0.2, -0.15) is 0 Å². The summed E-state index contributed by atoms with van der Waals surface area (Å²) in [4.78, 5) is 194. The molecule has 13 amide bonds. The van der Waals surface area contributed by atoms with Crippen molar-refractivity contribution in [2.45, 2.75) is 305 Å². The summed E-state index contributed by atoms with van der Waals surface area (Å²) in [6, 6.07) is -5.81. The van der Waals surface area contributed by atoms with Gasteiger partial charge in [-0.15, -0.1) is 0 Å². The molecule has 1 aromatic carbocycles. The van der Waals surface area contributed by atoms with E-state index in [9.17, 15) is 72.2 Å². The summed E-state index contributed by atoms with van der Waals surface area (Å²) in [6.07, 6.45) is -8.67. The van der Waals surface area contributed by atoms with Crippen molar-refractivity contribution in [1.29, 1.82) is 0 Å². The van der Waals surface area contributed by atoms with Crippen LogP contribution in [-0.4, -0.2) is 222 Å². The summed E-state index contributed by atoms with van der Waals surface area (Å²) in [6.45, 7) is 35.1. The van der Waals surface area contributed by atoms with E-state index in [1.807, 2.05) is 0 Å². The van der Waals surface area contributed by atoms with Crippen LogP contribution in [0.5, 0.6) is 0 Å². The standard InChI is InChI=1S/C73H126N14O22/c1-24-45(54(88)81-47(31-35-75-63(98)106-70(12,13)14)56(90)83-49(33-37-77-65(100)108-72(18,19)20)58(92)86-53(62(96)97)43(5)105-69(9,10)11)79-59(93)50(38-41(2)3)84-57(91)48(32-36-76-64(99)107-71(15,16)17)82-55(89)46(30-34-74)80-60(94)51(39-78-66(101)109-73(21,22)23)85-61(95)52(42(4)104-68(6,7)8)87-67(102)103-40-44-28-26-25-27-29-44/h25-29,41-43,45-53H,24,30-40,74H2,1-23H3,(H,75,98)(H,76,99)(H,77,100)(H,78,101)(H,79,93)(H,80,94)(H,81,88)(H,82,89)(H,83,90)(H,84,91)(H,85,95)(H,86,92)(H,87,102)(H,96,97)/t42-,43-,45+,46+,47+,48+,49+,50-,51+,52+,53+/m1/s1. The molecule has 0 aliphatic heterocycles. The van der Waals surface area contributed by atoms with E-state index in [0.717, 1.165) is 0 Å². The topological polar surface area (TPSA) is 506 Å². The zero-order chi connectivity index (χ0) is 83.8. The number of nitrogens with two attached hydrogens (primary N) is 1.